The molecule has 1 aliphatic heterocycles. The van der Waals surface area contributed by atoms with Crippen LogP contribution in [0.25, 0.3) is 0 Å². The molecule has 3 rings (SSSR count). The number of anilines is 2. The molecule has 0 saturated carbocycles. The van der Waals surface area contributed by atoms with E-state index in [0.29, 0.717) is 5.56 Å². The van der Waals surface area contributed by atoms with Gasteiger partial charge in [0.15, 0.2) is 0 Å². The maximum atomic E-state index is 8.85. The summed E-state index contributed by atoms with van der Waals surface area (Å²) in [5.41, 5.74) is 1.83. The van der Waals surface area contributed by atoms with Gasteiger partial charge in [0.05, 0.1) is 17.5 Å². The zero-order chi connectivity index (χ0) is 17.1. The molecule has 0 radical (unpaired) electrons. The first-order valence-corrected chi connectivity index (χ1v) is 8.10. The van der Waals surface area contributed by atoms with Crippen LogP contribution in [0.2, 0.25) is 0 Å². The predicted octanol–water partition coefficient (Wildman–Crippen LogP) is 1.07. The highest BCUT2D eigenvalue weighted by molar-refractivity contribution is 5.42. The van der Waals surface area contributed by atoms with E-state index in [1.165, 1.54) is 5.69 Å². The lowest BCUT2D eigenvalue weighted by molar-refractivity contribution is 0.244. The summed E-state index contributed by atoms with van der Waals surface area (Å²) in [5.74, 6) is 1.93. The molecule has 0 bridgehead atoms. The van der Waals surface area contributed by atoms with Crippen LogP contribution in [0.5, 0.6) is 0 Å². The highest BCUT2D eigenvalue weighted by Gasteiger charge is 2.19. The third-order valence-electron chi connectivity index (χ3n) is 4.42. The molecule has 1 aliphatic rings. The molecule has 24 heavy (non-hydrogen) atoms. The van der Waals surface area contributed by atoms with E-state index in [0.717, 1.165) is 44.5 Å². The van der Waals surface area contributed by atoms with Crippen molar-refractivity contribution in [2.24, 2.45) is 7.05 Å². The Balaban J connectivity index is 1.58. The van der Waals surface area contributed by atoms with Gasteiger partial charge in [-0.1, -0.05) is 0 Å². The van der Waals surface area contributed by atoms with Crippen molar-refractivity contribution in [1.82, 2.24) is 19.4 Å². The molecule has 2 aromatic rings. The number of hydrogen-bond donors (Lipinski definition) is 0. The first-order valence-electron chi connectivity index (χ1n) is 8.10. The monoisotopic (exact) mass is 325 g/mol. The fourth-order valence-corrected chi connectivity index (χ4v) is 3.00. The van der Waals surface area contributed by atoms with E-state index in [1.54, 1.807) is 6.20 Å². The Labute approximate surface area is 142 Å². The van der Waals surface area contributed by atoms with Gasteiger partial charge in [-0.3, -0.25) is 4.90 Å². The van der Waals surface area contributed by atoms with Gasteiger partial charge in [0.2, 0.25) is 5.95 Å². The van der Waals surface area contributed by atoms with Crippen molar-refractivity contribution in [3.8, 4) is 6.07 Å². The summed E-state index contributed by atoms with van der Waals surface area (Å²) in [7, 11) is 6.08. The molecule has 0 aromatic carbocycles. The van der Waals surface area contributed by atoms with Crippen LogP contribution >= 0.6 is 0 Å². The van der Waals surface area contributed by atoms with Gasteiger partial charge in [-0.05, 0) is 12.1 Å². The number of pyridine rings is 1. The summed E-state index contributed by atoms with van der Waals surface area (Å²) in [6, 6.07) is 5.86. The summed E-state index contributed by atoms with van der Waals surface area (Å²) in [6.07, 6.45) is 3.60. The van der Waals surface area contributed by atoms with Crippen molar-refractivity contribution in [1.29, 1.82) is 5.26 Å². The minimum atomic E-state index is 0.602. The van der Waals surface area contributed by atoms with E-state index in [1.807, 2.05) is 37.3 Å². The van der Waals surface area contributed by atoms with E-state index < -0.39 is 0 Å². The van der Waals surface area contributed by atoms with E-state index in [2.05, 4.69) is 37.5 Å². The number of nitriles is 1. The van der Waals surface area contributed by atoms with Crippen LogP contribution in [0.4, 0.5) is 11.8 Å². The van der Waals surface area contributed by atoms with E-state index in [4.69, 9.17) is 5.26 Å². The van der Waals surface area contributed by atoms with Crippen LogP contribution in [0.15, 0.2) is 24.5 Å². The molecule has 2 aromatic heterocycles. The standard InChI is InChI=1S/C17H23N7/c1-21(2)17-20-12-15(22(17)3)13-23-6-8-24(9-7-23)16-5-4-14(10-18)11-19-16/h4-5,11-12H,6-9,13H2,1-3H3. The fourth-order valence-electron chi connectivity index (χ4n) is 3.00. The average molecular weight is 325 g/mol. The zero-order valence-electron chi connectivity index (χ0n) is 14.5. The third-order valence-corrected chi connectivity index (χ3v) is 4.42. The molecule has 3 heterocycles. The van der Waals surface area contributed by atoms with Crippen LogP contribution in [0.3, 0.4) is 0 Å². The summed E-state index contributed by atoms with van der Waals surface area (Å²) in [4.78, 5) is 15.6. The average Bonchev–Trinajstić information content (AvgIpc) is 2.96. The number of rotatable bonds is 4. The molecule has 7 nitrogen and oxygen atoms in total. The third kappa shape index (κ3) is 3.34. The van der Waals surface area contributed by atoms with Crippen molar-refractivity contribution in [3.63, 3.8) is 0 Å². The van der Waals surface area contributed by atoms with E-state index in [9.17, 15) is 0 Å². The van der Waals surface area contributed by atoms with Gasteiger partial charge in [0, 0.05) is 60.1 Å². The largest absolute Gasteiger partial charge is 0.354 e. The lowest BCUT2D eigenvalue weighted by Crippen LogP contribution is -2.46. The van der Waals surface area contributed by atoms with Crippen LogP contribution < -0.4 is 9.80 Å². The Morgan fingerprint density at radius 3 is 2.42 bits per heavy atom. The number of piperazine rings is 1. The molecule has 0 amide bonds. The highest BCUT2D eigenvalue weighted by Crippen LogP contribution is 2.17. The molecule has 1 fully saturated rings. The summed E-state index contributed by atoms with van der Waals surface area (Å²) < 4.78 is 2.15. The van der Waals surface area contributed by atoms with Crippen molar-refractivity contribution < 1.29 is 0 Å². The molecular formula is C17H23N7. The van der Waals surface area contributed by atoms with Gasteiger partial charge in [0.25, 0.3) is 0 Å². The smallest absolute Gasteiger partial charge is 0.204 e. The molecule has 1 saturated heterocycles. The van der Waals surface area contributed by atoms with Crippen LogP contribution in [-0.2, 0) is 13.6 Å². The van der Waals surface area contributed by atoms with Gasteiger partial charge < -0.3 is 14.4 Å². The number of imidazole rings is 1. The van der Waals surface area contributed by atoms with Gasteiger partial charge in [-0.2, -0.15) is 5.26 Å². The van der Waals surface area contributed by atoms with Crippen molar-refractivity contribution in [2.45, 2.75) is 6.54 Å². The van der Waals surface area contributed by atoms with Gasteiger partial charge in [-0.25, -0.2) is 9.97 Å². The minimum Gasteiger partial charge on any atom is -0.354 e. The SMILES string of the molecule is CN(C)c1ncc(CN2CCN(c3ccc(C#N)cn3)CC2)n1C. The van der Waals surface area contributed by atoms with Gasteiger partial charge in [-0.15, -0.1) is 0 Å². The minimum absolute atomic E-state index is 0.602. The van der Waals surface area contributed by atoms with Crippen LogP contribution in [0.1, 0.15) is 11.3 Å². The first kappa shape index (κ1) is 16.3. The molecule has 7 heteroatoms. The van der Waals surface area contributed by atoms with Crippen molar-refractivity contribution >= 4 is 11.8 Å². The Bertz CT molecular complexity index is 718. The normalized spacial score (nSPS) is 15.3. The summed E-state index contributed by atoms with van der Waals surface area (Å²) >= 11 is 0. The molecule has 0 aliphatic carbocycles. The van der Waals surface area contributed by atoms with E-state index in [-0.39, 0.29) is 0 Å². The number of aromatic nitrogens is 3. The Kier molecular flexibility index (Phi) is 4.67. The van der Waals surface area contributed by atoms with Crippen LogP contribution in [0, 0.1) is 11.3 Å². The molecule has 0 N–H and O–H groups in total. The second-order valence-electron chi connectivity index (χ2n) is 6.28. The Hall–Kier alpha value is -2.59. The fraction of sp³-hybridized carbons (Fsp3) is 0.471. The second-order valence-corrected chi connectivity index (χ2v) is 6.28. The molecule has 0 atom stereocenters. The zero-order valence-corrected chi connectivity index (χ0v) is 14.5. The Morgan fingerprint density at radius 2 is 1.88 bits per heavy atom. The van der Waals surface area contributed by atoms with Gasteiger partial charge in [0.1, 0.15) is 11.9 Å². The summed E-state index contributed by atoms with van der Waals surface area (Å²) in [6.45, 7) is 4.77. The van der Waals surface area contributed by atoms with Gasteiger partial charge >= 0.3 is 0 Å². The highest BCUT2D eigenvalue weighted by atomic mass is 15.3. The quantitative estimate of drug-likeness (QED) is 0.838. The Morgan fingerprint density at radius 1 is 1.12 bits per heavy atom. The predicted molar refractivity (Wildman–Crippen MR) is 94.0 cm³/mol. The number of nitrogens with zero attached hydrogens (tertiary/aromatic N) is 7. The second kappa shape index (κ2) is 6.89. The molecular weight excluding hydrogens is 302 g/mol. The lowest BCUT2D eigenvalue weighted by atomic mass is 10.2. The topological polar surface area (TPSA) is 64.2 Å². The first-order chi connectivity index (χ1) is 11.6. The number of hydrogen-bond acceptors (Lipinski definition) is 6. The molecule has 126 valence electrons. The molecule has 0 spiro atoms. The molecule has 0 unspecified atom stereocenters. The van der Waals surface area contributed by atoms with Crippen LogP contribution in [-0.4, -0.2) is 59.7 Å². The lowest BCUT2D eigenvalue weighted by Gasteiger charge is -2.35. The van der Waals surface area contributed by atoms with E-state index >= 15 is 0 Å². The maximum Gasteiger partial charge on any atom is 0.204 e. The maximum absolute atomic E-state index is 8.85. The van der Waals surface area contributed by atoms with Crippen molar-refractivity contribution in [2.75, 3.05) is 50.1 Å². The van der Waals surface area contributed by atoms with Crippen molar-refractivity contribution in [3.05, 3.63) is 35.8 Å². The summed E-state index contributed by atoms with van der Waals surface area (Å²) in [5, 5.41) is 8.85.